The van der Waals surface area contributed by atoms with Crippen LogP contribution >= 0.6 is 12.2 Å². The van der Waals surface area contributed by atoms with Crippen LogP contribution in [0.25, 0.3) is 0 Å². The van der Waals surface area contributed by atoms with Crippen LogP contribution < -0.4 is 10.6 Å². The third-order valence-electron chi connectivity index (χ3n) is 3.56. The molecule has 0 saturated heterocycles. The fraction of sp³-hybridized carbons (Fsp3) is 0.909. The Morgan fingerprint density at radius 2 is 1.86 bits per heavy atom. The molecule has 80 valence electrons. The Balaban J connectivity index is 1.72. The van der Waals surface area contributed by atoms with E-state index in [0.717, 1.165) is 5.11 Å². The molecule has 2 saturated carbocycles. The van der Waals surface area contributed by atoms with Crippen molar-refractivity contribution in [1.29, 1.82) is 0 Å². The average Bonchev–Trinajstić information content (AvgIpc) is 2.53. The van der Waals surface area contributed by atoms with Gasteiger partial charge in [0.2, 0.25) is 0 Å². The van der Waals surface area contributed by atoms with Gasteiger partial charge in [-0.1, -0.05) is 12.8 Å². The number of rotatable bonds is 2. The quantitative estimate of drug-likeness (QED) is 0.687. The molecule has 0 amide bonds. The van der Waals surface area contributed by atoms with Gasteiger partial charge in [-0.3, -0.25) is 0 Å². The summed E-state index contributed by atoms with van der Waals surface area (Å²) in [7, 11) is 0. The van der Waals surface area contributed by atoms with Gasteiger partial charge in [-0.05, 0) is 51.2 Å². The van der Waals surface area contributed by atoms with Gasteiger partial charge < -0.3 is 10.6 Å². The van der Waals surface area contributed by atoms with Crippen LogP contribution in [0.15, 0.2) is 0 Å². The minimum absolute atomic E-state index is 0.294. The molecule has 2 aliphatic carbocycles. The van der Waals surface area contributed by atoms with Crippen molar-refractivity contribution in [1.82, 2.24) is 10.6 Å². The van der Waals surface area contributed by atoms with Crippen LogP contribution in [0, 0.1) is 0 Å². The summed E-state index contributed by atoms with van der Waals surface area (Å²) in [5.74, 6) is 0. The molecule has 2 nitrogen and oxygen atoms in total. The van der Waals surface area contributed by atoms with Crippen LogP contribution in [0.2, 0.25) is 0 Å². The Kier molecular flexibility index (Phi) is 2.96. The van der Waals surface area contributed by atoms with Crippen molar-refractivity contribution in [2.75, 3.05) is 0 Å². The Labute approximate surface area is 91.8 Å². The van der Waals surface area contributed by atoms with Crippen LogP contribution in [-0.2, 0) is 0 Å². The summed E-state index contributed by atoms with van der Waals surface area (Å²) < 4.78 is 0. The summed E-state index contributed by atoms with van der Waals surface area (Å²) >= 11 is 5.32. The molecule has 2 aliphatic rings. The van der Waals surface area contributed by atoms with Crippen LogP contribution in [-0.4, -0.2) is 16.7 Å². The van der Waals surface area contributed by atoms with Crippen molar-refractivity contribution < 1.29 is 0 Å². The molecule has 0 spiro atoms. The van der Waals surface area contributed by atoms with Gasteiger partial charge >= 0.3 is 0 Å². The second-order valence-corrected chi connectivity index (χ2v) is 5.40. The fourth-order valence-electron chi connectivity index (χ4n) is 2.40. The van der Waals surface area contributed by atoms with E-state index in [1.807, 2.05) is 0 Å². The molecular formula is C11H20N2S. The Morgan fingerprint density at radius 1 is 1.21 bits per heavy atom. The first-order chi connectivity index (χ1) is 6.68. The molecule has 14 heavy (non-hydrogen) atoms. The maximum atomic E-state index is 5.32. The maximum Gasteiger partial charge on any atom is 0.166 e. The molecule has 2 rings (SSSR count). The van der Waals surface area contributed by atoms with Gasteiger partial charge in [-0.2, -0.15) is 0 Å². The zero-order valence-corrected chi connectivity index (χ0v) is 9.75. The van der Waals surface area contributed by atoms with E-state index in [0.29, 0.717) is 11.6 Å². The van der Waals surface area contributed by atoms with Crippen molar-refractivity contribution in [2.24, 2.45) is 0 Å². The number of hydrogen-bond acceptors (Lipinski definition) is 1. The molecule has 0 heterocycles. The number of thiocarbonyl (C=S) groups is 1. The van der Waals surface area contributed by atoms with Crippen molar-refractivity contribution in [2.45, 2.75) is 63.5 Å². The highest BCUT2D eigenvalue weighted by Crippen LogP contribution is 2.30. The Bertz CT molecular complexity index is 217. The van der Waals surface area contributed by atoms with Gasteiger partial charge in [-0.15, -0.1) is 0 Å². The van der Waals surface area contributed by atoms with Crippen molar-refractivity contribution in [3.05, 3.63) is 0 Å². The number of hydrogen-bond donors (Lipinski definition) is 2. The second kappa shape index (κ2) is 4.05. The monoisotopic (exact) mass is 212 g/mol. The highest BCUT2D eigenvalue weighted by Gasteiger charge is 2.32. The average molecular weight is 212 g/mol. The normalized spacial score (nSPS) is 25.5. The fourth-order valence-corrected chi connectivity index (χ4v) is 2.81. The molecule has 0 bridgehead atoms. The van der Waals surface area contributed by atoms with Gasteiger partial charge in [0, 0.05) is 11.6 Å². The van der Waals surface area contributed by atoms with E-state index in [1.165, 1.54) is 44.9 Å². The minimum atomic E-state index is 0.294. The minimum Gasteiger partial charge on any atom is -0.360 e. The molecule has 0 atom stereocenters. The van der Waals surface area contributed by atoms with E-state index in [2.05, 4.69) is 17.6 Å². The maximum absolute atomic E-state index is 5.32. The van der Waals surface area contributed by atoms with E-state index in [-0.39, 0.29) is 0 Å². The van der Waals surface area contributed by atoms with Gasteiger partial charge in [-0.25, -0.2) is 0 Å². The topological polar surface area (TPSA) is 24.1 Å². The predicted octanol–water partition coefficient (Wildman–Crippen LogP) is 2.34. The molecule has 2 N–H and O–H groups in total. The van der Waals surface area contributed by atoms with Gasteiger partial charge in [0.25, 0.3) is 0 Å². The van der Waals surface area contributed by atoms with E-state index in [4.69, 9.17) is 12.2 Å². The van der Waals surface area contributed by atoms with E-state index in [1.54, 1.807) is 0 Å². The molecule has 0 aromatic carbocycles. The molecule has 0 aromatic rings. The summed E-state index contributed by atoms with van der Waals surface area (Å²) in [6, 6.07) is 0.638. The van der Waals surface area contributed by atoms with Gasteiger partial charge in [0.1, 0.15) is 0 Å². The standard InChI is InChI=1S/C11H20N2S/c1-11(7-4-8-11)13-10(14)12-9-5-2-3-6-9/h9H,2-8H2,1H3,(H2,12,13,14). The lowest BCUT2D eigenvalue weighted by atomic mass is 9.79. The molecular weight excluding hydrogens is 192 g/mol. The molecule has 3 heteroatoms. The zero-order valence-electron chi connectivity index (χ0n) is 8.94. The first-order valence-electron chi connectivity index (χ1n) is 5.77. The molecule has 0 unspecified atom stereocenters. The van der Waals surface area contributed by atoms with Gasteiger partial charge in [0.15, 0.2) is 5.11 Å². The highest BCUT2D eigenvalue weighted by molar-refractivity contribution is 7.80. The van der Waals surface area contributed by atoms with Crippen molar-refractivity contribution in [3.63, 3.8) is 0 Å². The van der Waals surface area contributed by atoms with Gasteiger partial charge in [0.05, 0.1) is 0 Å². The molecule has 0 aliphatic heterocycles. The lowest BCUT2D eigenvalue weighted by Gasteiger charge is -2.40. The van der Waals surface area contributed by atoms with Crippen LogP contribution in [0.1, 0.15) is 51.9 Å². The molecule has 2 fully saturated rings. The van der Waals surface area contributed by atoms with Crippen molar-refractivity contribution >= 4 is 17.3 Å². The Hall–Kier alpha value is -0.310. The summed E-state index contributed by atoms with van der Waals surface area (Å²) in [4.78, 5) is 0. The van der Waals surface area contributed by atoms with Crippen LogP contribution in [0.5, 0.6) is 0 Å². The lowest BCUT2D eigenvalue weighted by Crippen LogP contribution is -2.55. The third-order valence-corrected chi connectivity index (χ3v) is 3.78. The summed E-state index contributed by atoms with van der Waals surface area (Å²) in [6.07, 6.45) is 9.17. The first-order valence-corrected chi connectivity index (χ1v) is 6.17. The summed E-state index contributed by atoms with van der Waals surface area (Å²) in [5, 5.41) is 7.74. The third kappa shape index (κ3) is 2.38. The summed E-state index contributed by atoms with van der Waals surface area (Å²) in [5.41, 5.74) is 0.294. The largest absolute Gasteiger partial charge is 0.360 e. The van der Waals surface area contributed by atoms with E-state index >= 15 is 0 Å². The Morgan fingerprint density at radius 3 is 2.36 bits per heavy atom. The van der Waals surface area contributed by atoms with E-state index in [9.17, 15) is 0 Å². The molecule has 0 radical (unpaired) electrons. The van der Waals surface area contributed by atoms with E-state index < -0.39 is 0 Å². The van der Waals surface area contributed by atoms with Crippen LogP contribution in [0.4, 0.5) is 0 Å². The summed E-state index contributed by atoms with van der Waals surface area (Å²) in [6.45, 7) is 2.26. The number of nitrogens with one attached hydrogen (secondary N) is 2. The SMILES string of the molecule is CC1(NC(=S)NC2CCCC2)CCC1. The lowest BCUT2D eigenvalue weighted by molar-refractivity contribution is 0.242. The predicted molar refractivity (Wildman–Crippen MR) is 63.4 cm³/mol. The molecule has 0 aromatic heterocycles. The first kappa shape index (κ1) is 10.2. The van der Waals surface area contributed by atoms with Crippen LogP contribution in [0.3, 0.4) is 0 Å². The smallest absolute Gasteiger partial charge is 0.166 e. The highest BCUT2D eigenvalue weighted by atomic mass is 32.1. The van der Waals surface area contributed by atoms with Crippen molar-refractivity contribution in [3.8, 4) is 0 Å². The zero-order chi connectivity index (χ0) is 10.0. The second-order valence-electron chi connectivity index (χ2n) is 4.99.